The van der Waals surface area contributed by atoms with Gasteiger partial charge in [0.25, 0.3) is 0 Å². The van der Waals surface area contributed by atoms with Gasteiger partial charge in [-0.15, -0.1) is 0 Å². The molecule has 0 aromatic carbocycles. The zero-order valence-electron chi connectivity index (χ0n) is 9.74. The van der Waals surface area contributed by atoms with Crippen LogP contribution >= 0.6 is 11.6 Å². The van der Waals surface area contributed by atoms with Gasteiger partial charge in [0.15, 0.2) is 6.29 Å². The number of carbonyl (C=O) groups is 1. The normalized spacial score (nSPS) is 17.2. The maximum Gasteiger partial charge on any atom is 0.155 e. The molecule has 1 aliphatic rings. The third kappa shape index (κ3) is 1.88. The Morgan fingerprint density at radius 2 is 2.06 bits per heavy atom. The largest absolute Gasteiger partial charge is 0.298 e. The van der Waals surface area contributed by atoms with Crippen molar-refractivity contribution in [3.8, 4) is 0 Å². The Hall–Kier alpha value is -0.830. The lowest BCUT2D eigenvalue weighted by Gasteiger charge is -2.10. The Morgan fingerprint density at radius 1 is 1.44 bits per heavy atom. The Labute approximate surface area is 101 Å². The van der Waals surface area contributed by atoms with E-state index in [1.807, 2.05) is 18.5 Å². The van der Waals surface area contributed by atoms with Crippen LogP contribution in [-0.4, -0.2) is 16.1 Å². The molecule has 0 amide bonds. The minimum atomic E-state index is 0.236. The minimum Gasteiger partial charge on any atom is -0.298 e. The summed E-state index contributed by atoms with van der Waals surface area (Å²) in [6.45, 7) is 4.06. The zero-order valence-corrected chi connectivity index (χ0v) is 10.5. The summed E-state index contributed by atoms with van der Waals surface area (Å²) in [6, 6.07) is 0.388. The fourth-order valence-electron chi connectivity index (χ4n) is 2.37. The highest BCUT2D eigenvalue weighted by Gasteiger charge is 2.25. The third-order valence-electron chi connectivity index (χ3n) is 3.25. The van der Waals surface area contributed by atoms with Crippen LogP contribution in [0.2, 0.25) is 5.15 Å². The van der Waals surface area contributed by atoms with E-state index in [1.165, 1.54) is 12.8 Å². The molecule has 1 aromatic heterocycles. The first-order valence-electron chi connectivity index (χ1n) is 5.88. The highest BCUT2D eigenvalue weighted by molar-refractivity contribution is 6.32. The van der Waals surface area contributed by atoms with Gasteiger partial charge in [-0.25, -0.2) is 4.68 Å². The van der Waals surface area contributed by atoms with Crippen LogP contribution in [0.5, 0.6) is 0 Å². The van der Waals surface area contributed by atoms with Crippen molar-refractivity contribution in [3.05, 3.63) is 16.4 Å². The van der Waals surface area contributed by atoms with Gasteiger partial charge >= 0.3 is 0 Å². The summed E-state index contributed by atoms with van der Waals surface area (Å²) in [6.07, 6.45) is 5.53. The molecule has 88 valence electrons. The number of halogens is 1. The summed E-state index contributed by atoms with van der Waals surface area (Å²) >= 11 is 6.22. The molecule has 0 N–H and O–H groups in total. The Bertz CT molecular complexity index is 392. The van der Waals surface area contributed by atoms with Crippen molar-refractivity contribution in [3.63, 3.8) is 0 Å². The van der Waals surface area contributed by atoms with E-state index < -0.39 is 0 Å². The van der Waals surface area contributed by atoms with Gasteiger partial charge in [0.05, 0.1) is 17.3 Å². The molecule has 1 fully saturated rings. The van der Waals surface area contributed by atoms with E-state index in [0.29, 0.717) is 16.8 Å². The second-order valence-corrected chi connectivity index (χ2v) is 5.10. The molecule has 1 aliphatic carbocycles. The van der Waals surface area contributed by atoms with Crippen LogP contribution in [0, 0.1) is 0 Å². The second kappa shape index (κ2) is 4.58. The highest BCUT2D eigenvalue weighted by atomic mass is 35.5. The summed E-state index contributed by atoms with van der Waals surface area (Å²) in [4.78, 5) is 11.0. The van der Waals surface area contributed by atoms with Gasteiger partial charge in [-0.3, -0.25) is 4.79 Å². The Morgan fingerprint density at radius 3 is 2.50 bits per heavy atom. The maximum absolute atomic E-state index is 11.0. The lowest BCUT2D eigenvalue weighted by Crippen LogP contribution is -2.07. The van der Waals surface area contributed by atoms with Crippen molar-refractivity contribution in [2.75, 3.05) is 0 Å². The number of carbonyl (C=O) groups excluding carboxylic acids is 1. The fraction of sp³-hybridized carbons (Fsp3) is 0.667. The summed E-state index contributed by atoms with van der Waals surface area (Å²) < 4.78 is 1.85. The molecule has 1 aromatic rings. The van der Waals surface area contributed by atoms with E-state index in [0.717, 1.165) is 24.8 Å². The number of hydrogen-bond donors (Lipinski definition) is 0. The Balaban J connectivity index is 2.42. The molecule has 16 heavy (non-hydrogen) atoms. The summed E-state index contributed by atoms with van der Waals surface area (Å²) in [7, 11) is 0. The highest BCUT2D eigenvalue weighted by Crippen LogP contribution is 2.34. The molecule has 0 saturated heterocycles. The predicted molar refractivity (Wildman–Crippen MR) is 64.2 cm³/mol. The Kier molecular flexibility index (Phi) is 3.33. The molecule has 1 heterocycles. The molecule has 0 aliphatic heterocycles. The molecular formula is C12H17ClN2O. The van der Waals surface area contributed by atoms with E-state index in [4.69, 9.17) is 11.6 Å². The lowest BCUT2D eigenvalue weighted by atomic mass is 10.1. The molecule has 0 atom stereocenters. The molecule has 0 spiro atoms. The molecule has 2 rings (SSSR count). The smallest absolute Gasteiger partial charge is 0.155 e. The van der Waals surface area contributed by atoms with Crippen molar-refractivity contribution >= 4 is 17.9 Å². The van der Waals surface area contributed by atoms with E-state index in [2.05, 4.69) is 5.10 Å². The molecule has 1 saturated carbocycles. The van der Waals surface area contributed by atoms with Gasteiger partial charge in [0.1, 0.15) is 5.15 Å². The average molecular weight is 241 g/mol. The fourth-order valence-corrected chi connectivity index (χ4v) is 2.69. The van der Waals surface area contributed by atoms with E-state index in [9.17, 15) is 4.79 Å². The monoisotopic (exact) mass is 240 g/mol. The molecular weight excluding hydrogens is 224 g/mol. The van der Waals surface area contributed by atoms with Crippen molar-refractivity contribution in [1.82, 2.24) is 9.78 Å². The topological polar surface area (TPSA) is 34.9 Å². The average Bonchev–Trinajstić information content (AvgIpc) is 2.84. The van der Waals surface area contributed by atoms with E-state index >= 15 is 0 Å². The van der Waals surface area contributed by atoms with Crippen LogP contribution in [-0.2, 0) is 0 Å². The van der Waals surface area contributed by atoms with Crippen LogP contribution in [0.4, 0.5) is 0 Å². The van der Waals surface area contributed by atoms with Crippen molar-refractivity contribution in [2.24, 2.45) is 0 Å². The number of aldehydes is 1. The van der Waals surface area contributed by atoms with E-state index in [-0.39, 0.29) is 5.92 Å². The summed E-state index contributed by atoms with van der Waals surface area (Å²) in [5.41, 5.74) is 1.40. The number of hydrogen-bond acceptors (Lipinski definition) is 2. The minimum absolute atomic E-state index is 0.236. The lowest BCUT2D eigenvalue weighted by molar-refractivity contribution is 0.112. The second-order valence-electron chi connectivity index (χ2n) is 4.75. The first kappa shape index (κ1) is 11.6. The molecule has 0 unspecified atom stereocenters. The third-order valence-corrected chi connectivity index (χ3v) is 3.63. The molecule has 4 heteroatoms. The van der Waals surface area contributed by atoms with Gasteiger partial charge in [-0.2, -0.15) is 5.10 Å². The van der Waals surface area contributed by atoms with Crippen LogP contribution in [0.1, 0.15) is 67.5 Å². The maximum atomic E-state index is 11.0. The van der Waals surface area contributed by atoms with Crippen molar-refractivity contribution in [2.45, 2.75) is 51.5 Å². The zero-order chi connectivity index (χ0) is 11.7. The van der Waals surface area contributed by atoms with Crippen LogP contribution in [0.15, 0.2) is 0 Å². The quantitative estimate of drug-likeness (QED) is 0.757. The van der Waals surface area contributed by atoms with Gasteiger partial charge in [-0.1, -0.05) is 38.3 Å². The number of aromatic nitrogens is 2. The van der Waals surface area contributed by atoms with Gasteiger partial charge in [0, 0.05) is 0 Å². The van der Waals surface area contributed by atoms with Gasteiger partial charge in [0.2, 0.25) is 0 Å². The number of rotatable bonds is 3. The predicted octanol–water partition coefficient (Wildman–Crippen LogP) is 3.59. The van der Waals surface area contributed by atoms with Gasteiger partial charge in [-0.05, 0) is 18.8 Å². The van der Waals surface area contributed by atoms with Crippen LogP contribution in [0.3, 0.4) is 0 Å². The van der Waals surface area contributed by atoms with Gasteiger partial charge < -0.3 is 0 Å². The molecule has 0 radical (unpaired) electrons. The first-order valence-corrected chi connectivity index (χ1v) is 6.26. The molecule has 0 bridgehead atoms. The van der Waals surface area contributed by atoms with Crippen molar-refractivity contribution < 1.29 is 4.79 Å². The summed E-state index contributed by atoms with van der Waals surface area (Å²) in [5, 5.41) is 5.03. The SMILES string of the molecule is CC(C)c1nn(C2CCCC2)c(Cl)c1C=O. The first-order chi connectivity index (χ1) is 7.65. The number of nitrogens with zero attached hydrogens (tertiary/aromatic N) is 2. The summed E-state index contributed by atoms with van der Waals surface area (Å²) in [5.74, 6) is 0.236. The molecule has 3 nitrogen and oxygen atoms in total. The van der Waals surface area contributed by atoms with E-state index in [1.54, 1.807) is 0 Å². The van der Waals surface area contributed by atoms with Crippen molar-refractivity contribution in [1.29, 1.82) is 0 Å². The standard InChI is InChI=1S/C12H17ClN2O/c1-8(2)11-10(7-16)12(13)15(14-11)9-5-3-4-6-9/h7-9H,3-6H2,1-2H3. The van der Waals surface area contributed by atoms with Crippen LogP contribution in [0.25, 0.3) is 0 Å². The van der Waals surface area contributed by atoms with Crippen LogP contribution < -0.4 is 0 Å².